The van der Waals surface area contributed by atoms with Crippen molar-refractivity contribution in [3.8, 4) is 22.8 Å². The molecule has 0 atom stereocenters. The Morgan fingerprint density at radius 2 is 1.74 bits per heavy atom. The molecule has 10 heteroatoms. The molecule has 0 radical (unpaired) electrons. The molecular weight excluding hydrogens is 568 g/mol. The van der Waals surface area contributed by atoms with Crippen molar-refractivity contribution in [2.45, 2.75) is 66.0 Å². The molecule has 0 amide bonds. The van der Waals surface area contributed by atoms with Crippen LogP contribution in [0.1, 0.15) is 58.6 Å². The molecule has 2 aromatic carbocycles. The normalized spacial score (nSPS) is 15.3. The molecule has 0 bridgehead atoms. The van der Waals surface area contributed by atoms with E-state index in [1.54, 1.807) is 7.11 Å². The molecular formula is C33H47ClN4O5. The van der Waals surface area contributed by atoms with Gasteiger partial charge in [0, 0.05) is 35.3 Å². The van der Waals surface area contributed by atoms with Crippen molar-refractivity contribution in [2.75, 3.05) is 40.0 Å². The van der Waals surface area contributed by atoms with Gasteiger partial charge >= 0.3 is 5.97 Å². The second-order valence-corrected chi connectivity index (χ2v) is 13.2. The highest BCUT2D eigenvalue weighted by atomic mass is 35.5. The van der Waals surface area contributed by atoms with Crippen LogP contribution in [0.3, 0.4) is 0 Å². The van der Waals surface area contributed by atoms with Crippen LogP contribution in [-0.4, -0.2) is 71.7 Å². The molecule has 1 aromatic heterocycles. The molecule has 1 aliphatic heterocycles. The molecule has 9 nitrogen and oxygen atoms in total. The summed E-state index contributed by atoms with van der Waals surface area (Å²) in [5, 5.41) is 14.7. The fraction of sp³-hybridized carbons (Fsp3) is 0.545. The average molecular weight is 615 g/mol. The molecule has 43 heavy (non-hydrogen) atoms. The Hall–Kier alpha value is -2.82. The van der Waals surface area contributed by atoms with E-state index in [0.717, 1.165) is 35.2 Å². The largest absolute Gasteiger partial charge is 0.481 e. The van der Waals surface area contributed by atoms with Gasteiger partial charge in [-0.15, -0.1) is 0 Å². The number of nitrogens with zero attached hydrogens (tertiary/aromatic N) is 3. The summed E-state index contributed by atoms with van der Waals surface area (Å²) in [6, 6.07) is 13.9. The Balaban J connectivity index is 0.000000934. The van der Waals surface area contributed by atoms with Crippen LogP contribution in [0.5, 0.6) is 0 Å². The molecule has 1 saturated heterocycles. The predicted molar refractivity (Wildman–Crippen MR) is 170 cm³/mol. The topological polar surface area (TPSA) is 124 Å². The number of aromatic nitrogens is 2. The van der Waals surface area contributed by atoms with Crippen LogP contribution in [-0.2, 0) is 27.2 Å². The van der Waals surface area contributed by atoms with E-state index in [9.17, 15) is 9.90 Å². The van der Waals surface area contributed by atoms with E-state index < -0.39 is 11.4 Å². The quantitative estimate of drug-likeness (QED) is 0.225. The monoisotopic (exact) mass is 614 g/mol. The number of likely N-dealkylation sites (tertiary alicyclic amines) is 1. The highest BCUT2D eigenvalue weighted by molar-refractivity contribution is 6.31. The maximum Gasteiger partial charge on any atom is 0.312 e. The SMILES string of the molecule is CC(C)(C)N.COCCOCC1(C(=O)O)CCN(Cc2ccc(-c3noc(-c4ccc(CC(C)C)c(Cl)c4)n3)cc2)CC1. The number of ether oxygens (including phenoxy) is 2. The van der Waals surface area contributed by atoms with Crippen LogP contribution < -0.4 is 5.73 Å². The minimum Gasteiger partial charge on any atom is -0.481 e. The number of piperidine rings is 1. The maximum atomic E-state index is 12.0. The van der Waals surface area contributed by atoms with Gasteiger partial charge in [-0.25, -0.2) is 0 Å². The fourth-order valence-corrected chi connectivity index (χ4v) is 4.99. The molecule has 2 heterocycles. The summed E-state index contributed by atoms with van der Waals surface area (Å²) in [6.45, 7) is 13.5. The van der Waals surface area contributed by atoms with Gasteiger partial charge in [0.25, 0.3) is 5.89 Å². The molecule has 4 rings (SSSR count). The average Bonchev–Trinajstić information content (AvgIpc) is 3.43. The first-order valence-electron chi connectivity index (χ1n) is 14.8. The summed E-state index contributed by atoms with van der Waals surface area (Å²) in [5.41, 5.74) is 8.44. The second kappa shape index (κ2) is 15.8. The summed E-state index contributed by atoms with van der Waals surface area (Å²) < 4.78 is 16.1. The molecule has 0 aliphatic carbocycles. The minimum absolute atomic E-state index is 0. The van der Waals surface area contributed by atoms with Gasteiger partial charge in [-0.3, -0.25) is 9.69 Å². The minimum atomic E-state index is -0.830. The van der Waals surface area contributed by atoms with Crippen molar-refractivity contribution in [1.29, 1.82) is 0 Å². The van der Waals surface area contributed by atoms with Crippen LogP contribution in [0, 0.1) is 11.3 Å². The Labute approximate surface area is 260 Å². The van der Waals surface area contributed by atoms with E-state index in [1.807, 2.05) is 51.1 Å². The molecule has 0 unspecified atom stereocenters. The van der Waals surface area contributed by atoms with Gasteiger partial charge in [-0.05, 0) is 82.3 Å². The number of rotatable bonds is 12. The van der Waals surface area contributed by atoms with Gasteiger partial charge in [-0.1, -0.05) is 60.9 Å². The van der Waals surface area contributed by atoms with Crippen molar-refractivity contribution in [1.82, 2.24) is 15.0 Å². The number of methoxy groups -OCH3 is 1. The third kappa shape index (κ3) is 11.0. The van der Waals surface area contributed by atoms with E-state index in [2.05, 4.69) is 41.0 Å². The van der Waals surface area contributed by atoms with E-state index in [0.29, 0.717) is 61.8 Å². The van der Waals surface area contributed by atoms with Gasteiger partial charge in [-0.2, -0.15) is 4.98 Å². The van der Waals surface area contributed by atoms with Crippen LogP contribution in [0.2, 0.25) is 5.02 Å². The lowest BCUT2D eigenvalue weighted by Crippen LogP contribution is -2.46. The summed E-state index contributed by atoms with van der Waals surface area (Å²) in [6.07, 6.45) is 2.03. The first-order valence-corrected chi connectivity index (χ1v) is 15.2. The Morgan fingerprint density at radius 3 is 2.30 bits per heavy atom. The lowest BCUT2D eigenvalue weighted by Gasteiger charge is -2.38. The maximum absolute atomic E-state index is 12.0. The standard InChI is InChI=1S/C29H36ClN3O5.C4H11N/c1-20(2)16-23-8-9-24(17-25(23)30)27-31-26(32-38-27)22-6-4-21(5-7-22)18-33-12-10-29(11-13-33,28(34)35)19-37-15-14-36-3;1-4(2,3)5/h4-9,17,20H,10-16,18-19H2,1-3H3,(H,34,35);5H2,1-3H3. The van der Waals surface area contributed by atoms with Gasteiger partial charge in [0.2, 0.25) is 5.82 Å². The number of carbonyl (C=O) groups is 1. The number of nitrogens with two attached hydrogens (primary N) is 1. The van der Waals surface area contributed by atoms with Crippen molar-refractivity contribution in [3.05, 3.63) is 58.6 Å². The predicted octanol–water partition coefficient (Wildman–Crippen LogP) is 6.33. The molecule has 1 aliphatic rings. The zero-order valence-electron chi connectivity index (χ0n) is 26.4. The highest BCUT2D eigenvalue weighted by Gasteiger charge is 2.41. The third-order valence-electron chi connectivity index (χ3n) is 7.05. The lowest BCUT2D eigenvalue weighted by atomic mass is 9.79. The second-order valence-electron chi connectivity index (χ2n) is 12.8. The fourth-order valence-electron chi connectivity index (χ4n) is 4.73. The van der Waals surface area contributed by atoms with E-state index >= 15 is 0 Å². The molecule has 236 valence electrons. The van der Waals surface area contributed by atoms with E-state index in [4.69, 9.17) is 31.3 Å². The number of halogens is 1. The Morgan fingerprint density at radius 1 is 1.12 bits per heavy atom. The van der Waals surface area contributed by atoms with Crippen LogP contribution >= 0.6 is 11.6 Å². The van der Waals surface area contributed by atoms with E-state index in [-0.39, 0.29) is 12.1 Å². The summed E-state index contributed by atoms with van der Waals surface area (Å²) in [4.78, 5) is 18.8. The molecule has 3 N–H and O–H groups in total. The van der Waals surface area contributed by atoms with Gasteiger partial charge in [0.05, 0.1) is 25.2 Å². The lowest BCUT2D eigenvalue weighted by molar-refractivity contribution is -0.157. The van der Waals surface area contributed by atoms with Crippen molar-refractivity contribution < 1.29 is 23.9 Å². The number of aliphatic carboxylic acids is 1. The smallest absolute Gasteiger partial charge is 0.312 e. The van der Waals surface area contributed by atoms with E-state index in [1.165, 1.54) is 0 Å². The first kappa shape index (κ1) is 34.7. The zero-order chi connectivity index (χ0) is 31.6. The van der Waals surface area contributed by atoms with Crippen molar-refractivity contribution in [2.24, 2.45) is 17.1 Å². The van der Waals surface area contributed by atoms with Gasteiger partial charge < -0.3 is 24.8 Å². The molecule has 0 saturated carbocycles. The Kier molecular flexibility index (Phi) is 12.7. The van der Waals surface area contributed by atoms with Crippen LogP contribution in [0.25, 0.3) is 22.8 Å². The van der Waals surface area contributed by atoms with Crippen LogP contribution in [0.4, 0.5) is 0 Å². The number of benzene rings is 2. The summed E-state index contributed by atoms with van der Waals surface area (Å²) in [7, 11) is 1.60. The van der Waals surface area contributed by atoms with Gasteiger partial charge in [0.15, 0.2) is 0 Å². The highest BCUT2D eigenvalue weighted by Crippen LogP contribution is 2.33. The van der Waals surface area contributed by atoms with Crippen molar-refractivity contribution in [3.63, 3.8) is 0 Å². The number of hydrogen-bond donors (Lipinski definition) is 2. The third-order valence-corrected chi connectivity index (χ3v) is 7.40. The molecule has 1 fully saturated rings. The summed E-state index contributed by atoms with van der Waals surface area (Å²) in [5.74, 6) is 0.692. The zero-order valence-corrected chi connectivity index (χ0v) is 27.1. The number of carboxylic acids is 1. The Bertz CT molecular complexity index is 1290. The van der Waals surface area contributed by atoms with Crippen LogP contribution in [0.15, 0.2) is 47.0 Å². The van der Waals surface area contributed by atoms with Crippen molar-refractivity contribution >= 4 is 17.6 Å². The summed E-state index contributed by atoms with van der Waals surface area (Å²) >= 11 is 6.48. The number of carboxylic acid groups (broad SMARTS) is 1. The molecule has 0 spiro atoms. The number of hydrogen-bond acceptors (Lipinski definition) is 8. The molecule has 3 aromatic rings. The van der Waals surface area contributed by atoms with Gasteiger partial charge in [0.1, 0.15) is 0 Å². The first-order chi connectivity index (χ1) is 20.3.